The van der Waals surface area contributed by atoms with Crippen molar-refractivity contribution in [2.75, 3.05) is 13.1 Å². The van der Waals surface area contributed by atoms with Crippen LogP contribution < -0.4 is 10.6 Å². The number of aromatic amines is 2. The van der Waals surface area contributed by atoms with E-state index in [0.717, 1.165) is 59.9 Å². The van der Waals surface area contributed by atoms with Crippen LogP contribution in [0.1, 0.15) is 49.4 Å². The van der Waals surface area contributed by atoms with Crippen LogP contribution in [0.2, 0.25) is 0 Å². The minimum absolute atomic E-state index is 0.360. The van der Waals surface area contributed by atoms with E-state index in [0.29, 0.717) is 12.1 Å². The zero-order valence-corrected chi connectivity index (χ0v) is 16.9. The number of benzene rings is 2. The largest absolute Gasteiger partial charge is 0.341 e. The maximum atomic E-state index is 4.78. The highest BCUT2D eigenvalue weighted by Gasteiger charge is 2.20. The van der Waals surface area contributed by atoms with E-state index in [1.165, 1.54) is 24.0 Å². The first-order valence-corrected chi connectivity index (χ1v) is 11.0. The van der Waals surface area contributed by atoms with Gasteiger partial charge in [0.2, 0.25) is 0 Å². The zero-order chi connectivity index (χ0) is 19.9. The minimum Gasteiger partial charge on any atom is -0.341 e. The fourth-order valence-electron chi connectivity index (χ4n) is 4.71. The van der Waals surface area contributed by atoms with Crippen molar-refractivity contribution < 1.29 is 0 Å². The van der Waals surface area contributed by atoms with Gasteiger partial charge < -0.3 is 20.6 Å². The first kappa shape index (κ1) is 17.9. The second kappa shape index (κ2) is 7.38. The molecule has 6 nitrogen and oxygen atoms in total. The molecule has 2 aromatic heterocycles. The van der Waals surface area contributed by atoms with Crippen molar-refractivity contribution in [3.05, 3.63) is 60.3 Å². The molecule has 2 aromatic carbocycles. The number of fused-ring (bicyclic) bond motifs is 1. The summed E-state index contributed by atoms with van der Waals surface area (Å²) in [6, 6.07) is 15.9. The van der Waals surface area contributed by atoms with Crippen LogP contribution in [0.3, 0.4) is 0 Å². The average molecular weight is 399 g/mol. The van der Waals surface area contributed by atoms with Crippen molar-refractivity contribution in [1.82, 2.24) is 30.6 Å². The SMILES string of the molecule is c1cc(-c2cnc(C3CCCN3)[nH]2)ccc1-c1ccc2nc(C3CCCN3)[nH]c2c1. The summed E-state index contributed by atoms with van der Waals surface area (Å²) in [7, 11) is 0. The molecule has 4 aromatic rings. The Labute approximate surface area is 175 Å². The molecule has 0 aliphatic carbocycles. The number of H-pyrrole nitrogens is 2. The van der Waals surface area contributed by atoms with Crippen molar-refractivity contribution in [1.29, 1.82) is 0 Å². The predicted octanol–water partition coefficient (Wildman–Crippen LogP) is 4.47. The Bertz CT molecular complexity index is 1160. The highest BCUT2D eigenvalue weighted by Crippen LogP contribution is 2.29. The van der Waals surface area contributed by atoms with Crippen LogP contribution in [0.25, 0.3) is 33.4 Å². The van der Waals surface area contributed by atoms with Gasteiger partial charge in [0.15, 0.2) is 0 Å². The summed E-state index contributed by atoms with van der Waals surface area (Å²) < 4.78 is 0. The third-order valence-corrected chi connectivity index (χ3v) is 6.41. The summed E-state index contributed by atoms with van der Waals surface area (Å²) in [5, 5.41) is 7.01. The topological polar surface area (TPSA) is 81.4 Å². The van der Waals surface area contributed by atoms with Gasteiger partial charge in [-0.1, -0.05) is 30.3 Å². The van der Waals surface area contributed by atoms with Crippen LogP contribution in [-0.4, -0.2) is 33.0 Å². The lowest BCUT2D eigenvalue weighted by Crippen LogP contribution is -2.14. The number of nitrogens with zero attached hydrogens (tertiary/aromatic N) is 2. The van der Waals surface area contributed by atoms with Gasteiger partial charge >= 0.3 is 0 Å². The molecular formula is C24H26N6. The summed E-state index contributed by atoms with van der Waals surface area (Å²) >= 11 is 0. The van der Waals surface area contributed by atoms with E-state index in [1.807, 2.05) is 6.20 Å². The van der Waals surface area contributed by atoms with Gasteiger partial charge in [-0.2, -0.15) is 0 Å². The first-order chi connectivity index (χ1) is 14.8. The normalized spacial score (nSPS) is 21.6. The first-order valence-electron chi connectivity index (χ1n) is 11.0. The van der Waals surface area contributed by atoms with Gasteiger partial charge in [-0.05, 0) is 67.6 Å². The maximum Gasteiger partial charge on any atom is 0.124 e. The van der Waals surface area contributed by atoms with Crippen LogP contribution in [-0.2, 0) is 0 Å². The number of aromatic nitrogens is 4. The number of imidazole rings is 2. The Morgan fingerprint density at radius 2 is 1.43 bits per heavy atom. The lowest BCUT2D eigenvalue weighted by atomic mass is 10.0. The Balaban J connectivity index is 1.25. The third kappa shape index (κ3) is 3.22. The molecule has 0 saturated carbocycles. The maximum absolute atomic E-state index is 4.78. The number of hydrogen-bond acceptors (Lipinski definition) is 4. The van der Waals surface area contributed by atoms with Gasteiger partial charge in [-0.25, -0.2) is 9.97 Å². The molecule has 2 aliphatic rings. The standard InChI is InChI=1S/C24H26N6/c1-3-19(25-11-1)23-27-14-22(30-23)16-7-5-15(6-8-16)17-9-10-18-21(13-17)29-24(28-18)20-4-2-12-26-20/h5-10,13-14,19-20,25-26H,1-4,11-12H2,(H,27,30)(H,28,29). The summed E-state index contributed by atoms with van der Waals surface area (Å²) in [5.41, 5.74) is 6.76. The summed E-state index contributed by atoms with van der Waals surface area (Å²) in [6.45, 7) is 2.16. The Morgan fingerprint density at radius 3 is 2.17 bits per heavy atom. The Kier molecular flexibility index (Phi) is 4.39. The van der Waals surface area contributed by atoms with E-state index in [9.17, 15) is 0 Å². The lowest BCUT2D eigenvalue weighted by Gasteiger charge is -2.06. The van der Waals surface area contributed by atoms with Gasteiger partial charge in [-0.3, -0.25) is 0 Å². The molecule has 30 heavy (non-hydrogen) atoms. The number of hydrogen-bond donors (Lipinski definition) is 4. The second-order valence-corrected chi connectivity index (χ2v) is 8.41. The van der Waals surface area contributed by atoms with Crippen LogP contribution in [0.5, 0.6) is 0 Å². The van der Waals surface area contributed by atoms with Crippen molar-refractivity contribution >= 4 is 11.0 Å². The van der Waals surface area contributed by atoms with E-state index < -0.39 is 0 Å². The van der Waals surface area contributed by atoms with Crippen LogP contribution in [0.15, 0.2) is 48.7 Å². The van der Waals surface area contributed by atoms with Gasteiger partial charge in [0, 0.05) is 0 Å². The fraction of sp³-hybridized carbons (Fsp3) is 0.333. The summed E-state index contributed by atoms with van der Waals surface area (Å²) in [5.74, 6) is 2.10. The molecule has 0 radical (unpaired) electrons. The van der Waals surface area contributed by atoms with E-state index in [-0.39, 0.29) is 0 Å². The highest BCUT2D eigenvalue weighted by atomic mass is 15.0. The summed E-state index contributed by atoms with van der Waals surface area (Å²) in [6.07, 6.45) is 6.68. The molecule has 2 aliphatic heterocycles. The van der Waals surface area contributed by atoms with E-state index in [2.05, 4.69) is 68.1 Å². The van der Waals surface area contributed by atoms with Crippen molar-refractivity contribution in [3.63, 3.8) is 0 Å². The molecule has 4 heterocycles. The monoisotopic (exact) mass is 398 g/mol. The number of rotatable bonds is 4. The summed E-state index contributed by atoms with van der Waals surface area (Å²) in [4.78, 5) is 16.4. The quantitative estimate of drug-likeness (QED) is 0.409. The Hall–Kier alpha value is -2.96. The molecule has 2 atom stereocenters. The Morgan fingerprint density at radius 1 is 0.733 bits per heavy atom. The second-order valence-electron chi connectivity index (χ2n) is 8.41. The van der Waals surface area contributed by atoms with Gasteiger partial charge in [-0.15, -0.1) is 0 Å². The zero-order valence-electron chi connectivity index (χ0n) is 16.9. The van der Waals surface area contributed by atoms with Crippen molar-refractivity contribution in [2.45, 2.75) is 37.8 Å². The molecule has 4 N–H and O–H groups in total. The molecule has 0 amide bonds. The average Bonchev–Trinajstić information content (AvgIpc) is 3.58. The highest BCUT2D eigenvalue weighted by molar-refractivity contribution is 5.82. The molecule has 0 bridgehead atoms. The van der Waals surface area contributed by atoms with Gasteiger partial charge in [0.25, 0.3) is 0 Å². The van der Waals surface area contributed by atoms with E-state index >= 15 is 0 Å². The number of nitrogens with one attached hydrogen (secondary N) is 4. The van der Waals surface area contributed by atoms with Gasteiger partial charge in [0.1, 0.15) is 11.6 Å². The molecule has 2 saturated heterocycles. The molecule has 2 fully saturated rings. The van der Waals surface area contributed by atoms with Gasteiger partial charge in [0.05, 0.1) is 35.0 Å². The van der Waals surface area contributed by atoms with Crippen LogP contribution >= 0.6 is 0 Å². The van der Waals surface area contributed by atoms with Crippen molar-refractivity contribution in [2.24, 2.45) is 0 Å². The van der Waals surface area contributed by atoms with Crippen LogP contribution in [0.4, 0.5) is 0 Å². The third-order valence-electron chi connectivity index (χ3n) is 6.41. The molecular weight excluding hydrogens is 372 g/mol. The van der Waals surface area contributed by atoms with E-state index in [1.54, 1.807) is 0 Å². The molecule has 6 heteroatoms. The smallest absolute Gasteiger partial charge is 0.124 e. The van der Waals surface area contributed by atoms with Crippen molar-refractivity contribution in [3.8, 4) is 22.4 Å². The fourth-order valence-corrected chi connectivity index (χ4v) is 4.71. The molecule has 0 spiro atoms. The molecule has 6 rings (SSSR count). The predicted molar refractivity (Wildman–Crippen MR) is 119 cm³/mol. The lowest BCUT2D eigenvalue weighted by molar-refractivity contribution is 0.613. The minimum atomic E-state index is 0.360. The van der Waals surface area contributed by atoms with E-state index in [4.69, 9.17) is 4.98 Å². The molecule has 152 valence electrons. The van der Waals surface area contributed by atoms with Crippen LogP contribution in [0, 0.1) is 0 Å². The molecule has 2 unspecified atom stereocenters.